The molecule has 0 unspecified atom stereocenters. The Morgan fingerprint density at radius 3 is 2.54 bits per heavy atom. The number of pyridine rings is 1. The summed E-state index contributed by atoms with van der Waals surface area (Å²) in [6.07, 6.45) is 3.32. The second-order valence-electron chi connectivity index (χ2n) is 6.08. The minimum atomic E-state index is 0.104. The van der Waals surface area contributed by atoms with Crippen LogP contribution in [-0.4, -0.2) is 48.9 Å². The number of carbonyl (C=O) groups excluding carboxylic acids is 1. The third-order valence-electron chi connectivity index (χ3n) is 4.45. The first-order valence-electron chi connectivity index (χ1n) is 8.53. The van der Waals surface area contributed by atoms with Gasteiger partial charge >= 0.3 is 0 Å². The van der Waals surface area contributed by atoms with Gasteiger partial charge in [0.2, 0.25) is 5.91 Å². The molecular weight excluding hydrogens is 350 g/mol. The molecule has 1 aromatic carbocycles. The summed E-state index contributed by atoms with van der Waals surface area (Å²) < 4.78 is 10.6. The monoisotopic (exact) mass is 371 g/mol. The maximum atomic E-state index is 12.4. The van der Waals surface area contributed by atoms with Crippen molar-refractivity contribution in [1.82, 2.24) is 9.88 Å². The van der Waals surface area contributed by atoms with E-state index >= 15 is 0 Å². The van der Waals surface area contributed by atoms with Crippen molar-refractivity contribution in [3.63, 3.8) is 0 Å². The smallest absolute Gasteiger partial charge is 0.232 e. The number of likely N-dealkylation sites (tertiary alicyclic amines) is 1. The lowest BCUT2D eigenvalue weighted by Gasteiger charge is -2.26. The van der Waals surface area contributed by atoms with E-state index < -0.39 is 0 Å². The fourth-order valence-corrected chi connectivity index (χ4v) is 3.90. The molecule has 7 heteroatoms. The molecule has 0 atom stereocenters. The van der Waals surface area contributed by atoms with E-state index in [1.807, 2.05) is 4.90 Å². The molecule has 0 radical (unpaired) electrons. The number of hydrogen-bond acceptors (Lipinski definition) is 6. The van der Waals surface area contributed by atoms with E-state index in [0.717, 1.165) is 31.3 Å². The van der Waals surface area contributed by atoms with Crippen LogP contribution in [0.25, 0.3) is 10.9 Å². The first-order valence-corrected chi connectivity index (χ1v) is 9.52. The quantitative estimate of drug-likeness (QED) is 0.751. The average Bonchev–Trinajstić information content (AvgIpc) is 2.70. The molecule has 1 aliphatic heterocycles. The number of nitrogens with zero attached hydrogens (tertiary/aromatic N) is 3. The molecular formula is C19H21N3O3S. The van der Waals surface area contributed by atoms with Gasteiger partial charge in [-0.05, 0) is 31.4 Å². The Morgan fingerprint density at radius 2 is 1.88 bits per heavy atom. The Morgan fingerprint density at radius 1 is 1.19 bits per heavy atom. The van der Waals surface area contributed by atoms with E-state index in [-0.39, 0.29) is 5.91 Å². The number of carbonyl (C=O) groups is 1. The van der Waals surface area contributed by atoms with Crippen LogP contribution >= 0.6 is 11.8 Å². The lowest BCUT2D eigenvalue weighted by molar-refractivity contribution is -0.129. The Balaban J connectivity index is 1.85. The van der Waals surface area contributed by atoms with Crippen LogP contribution < -0.4 is 9.47 Å². The zero-order chi connectivity index (χ0) is 18.5. The summed E-state index contributed by atoms with van der Waals surface area (Å²) in [7, 11) is 3.14. The second-order valence-corrected chi connectivity index (χ2v) is 7.05. The van der Waals surface area contributed by atoms with E-state index in [9.17, 15) is 10.1 Å². The fraction of sp³-hybridized carbons (Fsp3) is 0.421. The van der Waals surface area contributed by atoms with Gasteiger partial charge in [-0.25, -0.2) is 4.98 Å². The minimum absolute atomic E-state index is 0.104. The number of fused-ring (bicyclic) bond motifs is 1. The molecule has 26 heavy (non-hydrogen) atoms. The number of nitriles is 1. The third kappa shape index (κ3) is 3.86. The number of piperidine rings is 1. The number of rotatable bonds is 5. The molecule has 1 aromatic heterocycles. The van der Waals surface area contributed by atoms with Gasteiger partial charge in [-0.3, -0.25) is 4.79 Å². The van der Waals surface area contributed by atoms with Crippen molar-refractivity contribution in [3.05, 3.63) is 23.8 Å². The van der Waals surface area contributed by atoms with E-state index in [4.69, 9.17) is 9.47 Å². The topological polar surface area (TPSA) is 75.5 Å². The fourth-order valence-electron chi connectivity index (χ4n) is 3.04. The molecule has 6 nitrogen and oxygen atoms in total. The number of benzene rings is 1. The largest absolute Gasteiger partial charge is 0.493 e. The SMILES string of the molecule is COc1cc2cc(C#N)c(SCC(=O)N3CCCCC3)nc2cc1OC. The molecule has 1 fully saturated rings. The lowest BCUT2D eigenvalue weighted by Crippen LogP contribution is -2.36. The highest BCUT2D eigenvalue weighted by Crippen LogP contribution is 2.33. The molecule has 1 amide bonds. The van der Waals surface area contributed by atoms with Gasteiger partial charge < -0.3 is 14.4 Å². The van der Waals surface area contributed by atoms with Crippen LogP contribution in [0.15, 0.2) is 23.2 Å². The van der Waals surface area contributed by atoms with Gasteiger partial charge in [0.25, 0.3) is 0 Å². The maximum absolute atomic E-state index is 12.4. The van der Waals surface area contributed by atoms with E-state index in [2.05, 4.69) is 11.1 Å². The van der Waals surface area contributed by atoms with E-state index in [1.165, 1.54) is 18.2 Å². The van der Waals surface area contributed by atoms with E-state index in [0.29, 0.717) is 33.4 Å². The number of ether oxygens (including phenoxy) is 2. The van der Waals surface area contributed by atoms with Gasteiger partial charge in [0.1, 0.15) is 11.1 Å². The van der Waals surface area contributed by atoms with Crippen LogP contribution in [0.1, 0.15) is 24.8 Å². The summed E-state index contributed by atoms with van der Waals surface area (Å²) in [6, 6.07) is 7.54. The normalized spacial score (nSPS) is 14.1. The highest BCUT2D eigenvalue weighted by atomic mass is 32.2. The second kappa shape index (κ2) is 8.28. The Hall–Kier alpha value is -2.46. The first kappa shape index (κ1) is 18.3. The van der Waals surface area contributed by atoms with Crippen LogP contribution in [0.4, 0.5) is 0 Å². The van der Waals surface area contributed by atoms with Crippen molar-refractivity contribution in [1.29, 1.82) is 5.26 Å². The predicted molar refractivity (Wildman–Crippen MR) is 101 cm³/mol. The number of thioether (sulfide) groups is 1. The van der Waals surface area contributed by atoms with Crippen molar-refractivity contribution < 1.29 is 14.3 Å². The number of aromatic nitrogens is 1. The van der Waals surface area contributed by atoms with Gasteiger partial charge in [-0.1, -0.05) is 11.8 Å². The molecule has 1 aliphatic rings. The molecule has 1 saturated heterocycles. The summed E-state index contributed by atoms with van der Waals surface area (Å²) >= 11 is 1.31. The molecule has 2 aromatic rings. The van der Waals surface area contributed by atoms with E-state index in [1.54, 1.807) is 32.4 Å². The molecule has 3 rings (SSSR count). The molecule has 0 bridgehead atoms. The highest BCUT2D eigenvalue weighted by molar-refractivity contribution is 8.00. The van der Waals surface area contributed by atoms with Gasteiger partial charge in [0.05, 0.1) is 31.1 Å². The Bertz CT molecular complexity index is 857. The summed E-state index contributed by atoms with van der Waals surface area (Å²) in [6.45, 7) is 1.65. The molecule has 0 aliphatic carbocycles. The molecule has 0 N–H and O–H groups in total. The predicted octanol–water partition coefficient (Wildman–Crippen LogP) is 3.23. The minimum Gasteiger partial charge on any atom is -0.493 e. The van der Waals surface area contributed by atoms with Crippen LogP contribution in [-0.2, 0) is 4.79 Å². The number of amides is 1. The van der Waals surface area contributed by atoms with Crippen LogP contribution in [0.2, 0.25) is 0 Å². The van der Waals surface area contributed by atoms with Crippen molar-refractivity contribution in [2.24, 2.45) is 0 Å². The lowest BCUT2D eigenvalue weighted by atomic mass is 10.1. The molecule has 136 valence electrons. The zero-order valence-corrected chi connectivity index (χ0v) is 15.8. The van der Waals surface area contributed by atoms with Crippen molar-refractivity contribution in [2.45, 2.75) is 24.3 Å². The number of hydrogen-bond donors (Lipinski definition) is 0. The van der Waals surface area contributed by atoms with Gasteiger partial charge in [-0.15, -0.1) is 0 Å². The van der Waals surface area contributed by atoms with Crippen molar-refractivity contribution >= 4 is 28.6 Å². The molecule has 0 saturated carbocycles. The van der Waals surface area contributed by atoms with Crippen LogP contribution in [0.3, 0.4) is 0 Å². The van der Waals surface area contributed by atoms with Crippen LogP contribution in [0.5, 0.6) is 11.5 Å². The standard InChI is InChI=1S/C19H21N3O3S/c1-24-16-9-13-8-14(11-20)19(21-15(13)10-17(16)25-2)26-12-18(23)22-6-4-3-5-7-22/h8-10H,3-7,12H2,1-2H3. The molecule has 0 spiro atoms. The number of methoxy groups -OCH3 is 2. The first-order chi connectivity index (χ1) is 12.7. The van der Waals surface area contributed by atoms with Crippen molar-refractivity contribution in [2.75, 3.05) is 33.1 Å². The summed E-state index contributed by atoms with van der Waals surface area (Å²) in [5, 5.41) is 10.8. The Kier molecular flexibility index (Phi) is 5.84. The Labute approximate surface area is 157 Å². The molecule has 2 heterocycles. The van der Waals surface area contributed by atoms with Gasteiger partial charge in [0.15, 0.2) is 11.5 Å². The zero-order valence-electron chi connectivity index (χ0n) is 14.9. The van der Waals surface area contributed by atoms with Gasteiger partial charge in [0, 0.05) is 24.5 Å². The van der Waals surface area contributed by atoms with Gasteiger partial charge in [-0.2, -0.15) is 5.26 Å². The van der Waals surface area contributed by atoms with Crippen molar-refractivity contribution in [3.8, 4) is 17.6 Å². The summed E-state index contributed by atoms with van der Waals surface area (Å²) in [5.74, 6) is 1.57. The third-order valence-corrected chi connectivity index (χ3v) is 5.42. The highest BCUT2D eigenvalue weighted by Gasteiger charge is 2.18. The summed E-state index contributed by atoms with van der Waals surface area (Å²) in [4.78, 5) is 18.9. The van der Waals surface area contributed by atoms with Crippen LogP contribution in [0, 0.1) is 11.3 Å². The maximum Gasteiger partial charge on any atom is 0.232 e. The summed E-state index contributed by atoms with van der Waals surface area (Å²) in [5.41, 5.74) is 1.16. The average molecular weight is 371 g/mol.